The minimum Gasteiger partial charge on any atom is -0.376 e. The van der Waals surface area contributed by atoms with Crippen LogP contribution in [0.3, 0.4) is 0 Å². The number of rotatable bonds is 5. The molecule has 0 fully saturated rings. The van der Waals surface area contributed by atoms with Crippen molar-refractivity contribution in [3.8, 4) is 0 Å². The molecule has 3 heteroatoms. The van der Waals surface area contributed by atoms with E-state index in [1.165, 1.54) is 7.17 Å². The fourth-order valence-electron chi connectivity index (χ4n) is 1.31. The maximum Gasteiger partial charge on any atom is 0.0857 e. The Balaban J connectivity index is 3.63. The maximum absolute atomic E-state index is 5.85. The molecule has 0 radical (unpaired) electrons. The molecule has 0 aliphatic carbocycles. The molecule has 1 nitrogen and oxygen atoms in total. The van der Waals surface area contributed by atoms with Gasteiger partial charge in [0.25, 0.3) is 0 Å². The molecule has 0 aliphatic rings. The van der Waals surface area contributed by atoms with Gasteiger partial charge in [-0.1, -0.05) is 27.1 Å². The maximum atomic E-state index is 5.85. The molecule has 0 saturated carbocycles. The van der Waals surface area contributed by atoms with Gasteiger partial charge in [-0.3, -0.25) is 0 Å². The molecule has 0 N–H and O–H groups in total. The third kappa shape index (κ3) is 8.42. The fourth-order valence-corrected chi connectivity index (χ4v) is 1.31. The van der Waals surface area contributed by atoms with E-state index in [1.807, 2.05) is 0 Å². The molecule has 0 aromatic heterocycles. The van der Waals surface area contributed by atoms with Gasteiger partial charge in [-0.15, -0.1) is 0 Å². The SMILES string of the molecule is BBCC(C)(C)OCCC(C)(C)C. The van der Waals surface area contributed by atoms with Gasteiger partial charge in [-0.05, 0) is 25.7 Å². The molecular formula is C10H24B2O. The van der Waals surface area contributed by atoms with Crippen LogP contribution in [0.4, 0.5) is 0 Å². The Labute approximate surface area is 85.3 Å². The average Bonchev–Trinajstić information content (AvgIpc) is 1.82. The van der Waals surface area contributed by atoms with Crippen LogP contribution < -0.4 is 0 Å². The van der Waals surface area contributed by atoms with E-state index in [1.54, 1.807) is 0 Å². The Bertz CT molecular complexity index is 138. The van der Waals surface area contributed by atoms with Gasteiger partial charge in [0.05, 0.1) is 20.5 Å². The van der Waals surface area contributed by atoms with Crippen molar-refractivity contribution in [3.05, 3.63) is 0 Å². The van der Waals surface area contributed by atoms with Crippen LogP contribution in [0, 0.1) is 5.41 Å². The standard InChI is InChI=1S/C10H24B2O/c1-9(2,3)6-7-13-10(4,5)8-12-11/h12H,6-8,11H2,1-5H3. The molecule has 0 amide bonds. The number of ether oxygens (including phenoxy) is 1. The zero-order valence-electron chi connectivity index (χ0n) is 10.2. The van der Waals surface area contributed by atoms with Gasteiger partial charge in [0, 0.05) is 6.61 Å². The first-order chi connectivity index (χ1) is 5.77. The first kappa shape index (κ1) is 13.1. The van der Waals surface area contributed by atoms with Crippen molar-refractivity contribution < 1.29 is 4.74 Å². The molecule has 0 aromatic rings. The zero-order valence-corrected chi connectivity index (χ0v) is 10.2. The van der Waals surface area contributed by atoms with Crippen LogP contribution >= 0.6 is 0 Å². The van der Waals surface area contributed by atoms with Crippen LogP contribution in [-0.2, 0) is 4.74 Å². The van der Waals surface area contributed by atoms with Crippen molar-refractivity contribution in [3.63, 3.8) is 0 Å². The Hall–Kier alpha value is 0.0899. The van der Waals surface area contributed by atoms with E-state index < -0.39 is 0 Å². The highest BCUT2D eigenvalue weighted by molar-refractivity contribution is 6.89. The zero-order chi connectivity index (χ0) is 10.5. The van der Waals surface area contributed by atoms with E-state index in [4.69, 9.17) is 4.74 Å². The smallest absolute Gasteiger partial charge is 0.0857 e. The van der Waals surface area contributed by atoms with E-state index >= 15 is 0 Å². The highest BCUT2D eigenvalue weighted by Crippen LogP contribution is 2.21. The quantitative estimate of drug-likeness (QED) is 0.587. The van der Waals surface area contributed by atoms with Crippen molar-refractivity contribution in [2.45, 2.75) is 53.0 Å². The van der Waals surface area contributed by atoms with E-state index in [0.29, 0.717) is 5.41 Å². The lowest BCUT2D eigenvalue weighted by Gasteiger charge is -2.27. The van der Waals surface area contributed by atoms with Crippen molar-refractivity contribution in [2.24, 2.45) is 5.41 Å². The summed E-state index contributed by atoms with van der Waals surface area (Å²) in [6, 6.07) is 0. The van der Waals surface area contributed by atoms with Crippen LogP contribution in [0.15, 0.2) is 0 Å². The summed E-state index contributed by atoms with van der Waals surface area (Å²) in [4.78, 5) is 0. The van der Waals surface area contributed by atoms with E-state index in [-0.39, 0.29) is 5.60 Å². The first-order valence-electron chi connectivity index (χ1n) is 5.41. The lowest BCUT2D eigenvalue weighted by molar-refractivity contribution is -0.0135. The van der Waals surface area contributed by atoms with Gasteiger partial charge in [0.2, 0.25) is 0 Å². The van der Waals surface area contributed by atoms with Crippen LogP contribution in [0.2, 0.25) is 6.32 Å². The fraction of sp³-hybridized carbons (Fsp3) is 1.00. The summed E-state index contributed by atoms with van der Waals surface area (Å²) in [6.07, 6.45) is 2.29. The van der Waals surface area contributed by atoms with Crippen LogP contribution in [0.25, 0.3) is 0 Å². The minimum absolute atomic E-state index is 0.0694. The highest BCUT2D eigenvalue weighted by atomic mass is 16.5. The molecule has 13 heavy (non-hydrogen) atoms. The molecule has 0 bridgehead atoms. The second-order valence-electron chi connectivity index (χ2n) is 5.67. The van der Waals surface area contributed by atoms with Gasteiger partial charge in [0.15, 0.2) is 0 Å². The van der Waals surface area contributed by atoms with Crippen molar-refractivity contribution in [1.29, 1.82) is 0 Å². The van der Waals surface area contributed by atoms with Crippen LogP contribution in [-0.4, -0.2) is 27.1 Å². The molecule has 0 atom stereocenters. The Morgan fingerprint density at radius 1 is 1.15 bits per heavy atom. The Morgan fingerprint density at radius 2 is 1.69 bits per heavy atom. The third-order valence-electron chi connectivity index (χ3n) is 2.20. The normalized spacial score (nSPS) is 13.0. The molecular weight excluding hydrogens is 158 g/mol. The lowest BCUT2D eigenvalue weighted by atomic mass is 9.51. The third-order valence-corrected chi connectivity index (χ3v) is 2.20. The summed E-state index contributed by atoms with van der Waals surface area (Å²) >= 11 is 0. The summed E-state index contributed by atoms with van der Waals surface area (Å²) in [5, 5.41) is 0. The van der Waals surface area contributed by atoms with Gasteiger partial charge in [0.1, 0.15) is 0 Å². The Kier molecular flexibility index (Phi) is 5.13. The second-order valence-corrected chi connectivity index (χ2v) is 5.67. The largest absolute Gasteiger partial charge is 0.376 e. The monoisotopic (exact) mass is 182 g/mol. The number of hydrogen-bond donors (Lipinski definition) is 0. The summed E-state index contributed by atoms with van der Waals surface area (Å²) in [6.45, 7) is 12.0. The second kappa shape index (κ2) is 5.09. The van der Waals surface area contributed by atoms with Crippen molar-refractivity contribution in [1.82, 2.24) is 0 Å². The summed E-state index contributed by atoms with van der Waals surface area (Å²) in [5.74, 6) is 0. The van der Waals surface area contributed by atoms with Crippen LogP contribution in [0.5, 0.6) is 0 Å². The molecule has 0 aromatic carbocycles. The average molecular weight is 182 g/mol. The van der Waals surface area contributed by atoms with Gasteiger partial charge in [-0.25, -0.2) is 0 Å². The van der Waals surface area contributed by atoms with E-state index in [9.17, 15) is 0 Å². The Morgan fingerprint density at radius 3 is 2.08 bits per heavy atom. The van der Waals surface area contributed by atoms with Crippen molar-refractivity contribution in [2.75, 3.05) is 6.61 Å². The summed E-state index contributed by atoms with van der Waals surface area (Å²) in [5.41, 5.74) is 0.461. The van der Waals surface area contributed by atoms with Gasteiger partial charge in [-0.2, -0.15) is 0 Å². The molecule has 0 rings (SSSR count). The minimum atomic E-state index is 0.0694. The molecule has 0 aliphatic heterocycles. The summed E-state index contributed by atoms with van der Waals surface area (Å²) in [7, 11) is 3.40. The predicted molar refractivity (Wildman–Crippen MR) is 64.6 cm³/mol. The molecule has 0 spiro atoms. The molecule has 0 heterocycles. The molecule has 0 saturated heterocycles. The first-order valence-corrected chi connectivity index (χ1v) is 5.41. The summed E-state index contributed by atoms with van der Waals surface area (Å²) < 4.78 is 5.85. The van der Waals surface area contributed by atoms with Gasteiger partial charge >= 0.3 is 0 Å². The van der Waals surface area contributed by atoms with E-state index in [0.717, 1.165) is 19.3 Å². The topological polar surface area (TPSA) is 9.23 Å². The van der Waals surface area contributed by atoms with E-state index in [2.05, 4.69) is 42.4 Å². The lowest BCUT2D eigenvalue weighted by Crippen LogP contribution is -2.27. The van der Waals surface area contributed by atoms with Gasteiger partial charge < -0.3 is 4.74 Å². The number of hydrogen-bond acceptors (Lipinski definition) is 1. The molecule has 0 unspecified atom stereocenters. The molecule has 76 valence electrons. The van der Waals surface area contributed by atoms with Crippen LogP contribution in [0.1, 0.15) is 41.0 Å². The highest BCUT2D eigenvalue weighted by Gasteiger charge is 2.18. The van der Waals surface area contributed by atoms with Crippen molar-refractivity contribution >= 4 is 14.9 Å². The predicted octanol–water partition coefficient (Wildman–Crippen LogP) is 1.62.